The van der Waals surface area contributed by atoms with Crippen LogP contribution in [0.3, 0.4) is 0 Å². The van der Waals surface area contributed by atoms with Crippen molar-refractivity contribution in [2.75, 3.05) is 13.2 Å². The second-order valence-corrected chi connectivity index (χ2v) is 6.53. The summed E-state index contributed by atoms with van der Waals surface area (Å²) in [7, 11) is 0. The van der Waals surface area contributed by atoms with Crippen molar-refractivity contribution in [1.29, 1.82) is 0 Å². The van der Waals surface area contributed by atoms with E-state index >= 15 is 0 Å². The molecule has 0 aliphatic heterocycles. The first-order chi connectivity index (χ1) is 14.2. The van der Waals surface area contributed by atoms with Crippen molar-refractivity contribution in [3.05, 3.63) is 64.7 Å². The summed E-state index contributed by atoms with van der Waals surface area (Å²) >= 11 is 5.81. The molecule has 2 aromatic rings. The Hall–Kier alpha value is -3.20. The number of carbonyl (C=O) groups is 3. The third-order valence-corrected chi connectivity index (χ3v) is 4.08. The van der Waals surface area contributed by atoms with Gasteiger partial charge in [-0.2, -0.15) is 8.78 Å². The second-order valence-electron chi connectivity index (χ2n) is 6.09. The van der Waals surface area contributed by atoms with E-state index in [9.17, 15) is 23.2 Å². The van der Waals surface area contributed by atoms with Crippen molar-refractivity contribution in [3.63, 3.8) is 0 Å². The molecule has 7 nitrogen and oxygen atoms in total. The van der Waals surface area contributed by atoms with Crippen LogP contribution in [-0.4, -0.2) is 37.5 Å². The molecule has 0 aromatic heterocycles. The molecular weight excluding hydrogens is 422 g/mol. The summed E-state index contributed by atoms with van der Waals surface area (Å²) in [5, 5.41) is 5.51. The molecule has 2 aromatic carbocycles. The topological polar surface area (TPSA) is 93.7 Å². The summed E-state index contributed by atoms with van der Waals surface area (Å²) in [4.78, 5) is 35.6. The summed E-state index contributed by atoms with van der Waals surface area (Å²) in [6.07, 6.45) is 0. The first-order valence-corrected chi connectivity index (χ1v) is 9.16. The van der Waals surface area contributed by atoms with Crippen molar-refractivity contribution in [2.24, 2.45) is 0 Å². The van der Waals surface area contributed by atoms with Crippen LogP contribution < -0.4 is 15.4 Å². The molecule has 2 N–H and O–H groups in total. The SMILES string of the molecule is CC(NC(=O)COC(=O)CNC(=O)c1cccc(OC(F)F)c1)c1ccc(Cl)cc1. The van der Waals surface area contributed by atoms with Crippen LogP contribution >= 0.6 is 11.6 Å². The summed E-state index contributed by atoms with van der Waals surface area (Å²) < 4.78 is 33.5. The van der Waals surface area contributed by atoms with Crippen LogP contribution in [0.5, 0.6) is 5.75 Å². The molecule has 0 aliphatic rings. The van der Waals surface area contributed by atoms with Gasteiger partial charge in [-0.25, -0.2) is 0 Å². The van der Waals surface area contributed by atoms with Crippen molar-refractivity contribution in [1.82, 2.24) is 10.6 Å². The van der Waals surface area contributed by atoms with Gasteiger partial charge in [-0.3, -0.25) is 14.4 Å². The molecule has 0 spiro atoms. The zero-order valence-electron chi connectivity index (χ0n) is 15.9. The molecule has 0 aliphatic carbocycles. The third kappa shape index (κ3) is 7.67. The van der Waals surface area contributed by atoms with Crippen molar-refractivity contribution >= 4 is 29.4 Å². The van der Waals surface area contributed by atoms with Gasteiger partial charge in [-0.15, -0.1) is 0 Å². The first kappa shape index (κ1) is 23.1. The summed E-state index contributed by atoms with van der Waals surface area (Å²) in [5.41, 5.74) is 0.847. The van der Waals surface area contributed by atoms with Gasteiger partial charge in [0.2, 0.25) is 0 Å². The lowest BCUT2D eigenvalue weighted by Gasteiger charge is -2.14. The number of esters is 1. The lowest BCUT2D eigenvalue weighted by molar-refractivity contribution is -0.147. The average molecular weight is 441 g/mol. The highest BCUT2D eigenvalue weighted by Crippen LogP contribution is 2.16. The first-order valence-electron chi connectivity index (χ1n) is 8.78. The number of hydrogen-bond donors (Lipinski definition) is 2. The minimum Gasteiger partial charge on any atom is -0.454 e. The van der Waals surface area contributed by atoms with Crippen LogP contribution in [-0.2, 0) is 14.3 Å². The van der Waals surface area contributed by atoms with Gasteiger partial charge in [-0.1, -0.05) is 29.8 Å². The highest BCUT2D eigenvalue weighted by molar-refractivity contribution is 6.30. The number of nitrogens with one attached hydrogen (secondary N) is 2. The van der Waals surface area contributed by atoms with E-state index in [4.69, 9.17) is 16.3 Å². The van der Waals surface area contributed by atoms with Gasteiger partial charge in [-0.05, 0) is 42.8 Å². The molecule has 0 radical (unpaired) electrons. The van der Waals surface area contributed by atoms with Crippen LogP contribution in [0.15, 0.2) is 48.5 Å². The molecular formula is C20H19ClF2N2O5. The Kier molecular flexibility index (Phi) is 8.54. The fourth-order valence-corrected chi connectivity index (χ4v) is 2.51. The molecule has 160 valence electrons. The number of halogens is 3. The molecule has 0 saturated heterocycles. The van der Waals surface area contributed by atoms with Crippen molar-refractivity contribution < 1.29 is 32.6 Å². The Labute approximate surface area is 176 Å². The third-order valence-electron chi connectivity index (χ3n) is 3.83. The lowest BCUT2D eigenvalue weighted by Crippen LogP contribution is -2.34. The summed E-state index contributed by atoms with van der Waals surface area (Å²) in [5.74, 6) is -2.23. The molecule has 10 heteroatoms. The van der Waals surface area contributed by atoms with E-state index in [-0.39, 0.29) is 17.4 Å². The Morgan fingerprint density at radius 3 is 2.47 bits per heavy atom. The minimum atomic E-state index is -3.02. The molecule has 1 atom stereocenters. The molecule has 30 heavy (non-hydrogen) atoms. The monoisotopic (exact) mass is 440 g/mol. The van der Waals surface area contributed by atoms with Gasteiger partial charge in [0.15, 0.2) is 6.61 Å². The van der Waals surface area contributed by atoms with Gasteiger partial charge < -0.3 is 20.1 Å². The maximum atomic E-state index is 12.2. The number of amides is 2. The Morgan fingerprint density at radius 2 is 1.80 bits per heavy atom. The molecule has 2 amide bonds. The maximum absolute atomic E-state index is 12.2. The van der Waals surface area contributed by atoms with E-state index in [1.165, 1.54) is 18.2 Å². The predicted octanol–water partition coefficient (Wildman–Crippen LogP) is 3.09. The van der Waals surface area contributed by atoms with Gasteiger partial charge in [0, 0.05) is 10.6 Å². The predicted molar refractivity (Wildman–Crippen MR) is 104 cm³/mol. The number of rotatable bonds is 9. The molecule has 0 fully saturated rings. The fraction of sp³-hybridized carbons (Fsp3) is 0.250. The van der Waals surface area contributed by atoms with Crippen molar-refractivity contribution in [2.45, 2.75) is 19.6 Å². The van der Waals surface area contributed by atoms with Gasteiger partial charge in [0.1, 0.15) is 12.3 Å². The maximum Gasteiger partial charge on any atom is 0.387 e. The largest absolute Gasteiger partial charge is 0.454 e. The minimum absolute atomic E-state index is 0.0236. The van der Waals surface area contributed by atoms with Crippen LogP contribution in [0.1, 0.15) is 28.9 Å². The van der Waals surface area contributed by atoms with E-state index in [0.29, 0.717) is 5.02 Å². The van der Waals surface area contributed by atoms with Crippen LogP contribution in [0.4, 0.5) is 8.78 Å². The lowest BCUT2D eigenvalue weighted by atomic mass is 10.1. The fourth-order valence-electron chi connectivity index (χ4n) is 2.38. The number of alkyl halides is 2. The zero-order chi connectivity index (χ0) is 22.1. The summed E-state index contributed by atoms with van der Waals surface area (Å²) in [6, 6.07) is 11.7. The van der Waals surface area contributed by atoms with E-state index in [1.807, 2.05) is 0 Å². The van der Waals surface area contributed by atoms with E-state index in [1.54, 1.807) is 31.2 Å². The zero-order valence-corrected chi connectivity index (χ0v) is 16.6. The number of carbonyl (C=O) groups excluding carboxylic acids is 3. The quantitative estimate of drug-likeness (QED) is 0.584. The normalized spacial score (nSPS) is 11.5. The molecule has 0 heterocycles. The van der Waals surface area contributed by atoms with E-state index < -0.39 is 37.5 Å². The Morgan fingerprint density at radius 1 is 1.10 bits per heavy atom. The van der Waals surface area contributed by atoms with Gasteiger partial charge in [0.05, 0.1) is 6.04 Å². The Bertz CT molecular complexity index is 893. The molecule has 2 rings (SSSR count). The number of hydrogen-bond acceptors (Lipinski definition) is 5. The van der Waals surface area contributed by atoms with Gasteiger partial charge in [0.25, 0.3) is 11.8 Å². The van der Waals surface area contributed by atoms with Crippen LogP contribution in [0, 0.1) is 0 Å². The molecule has 0 saturated carbocycles. The average Bonchev–Trinajstić information content (AvgIpc) is 2.70. The van der Waals surface area contributed by atoms with Crippen molar-refractivity contribution in [3.8, 4) is 5.75 Å². The van der Waals surface area contributed by atoms with Crippen LogP contribution in [0.2, 0.25) is 5.02 Å². The second kappa shape index (κ2) is 11.1. The standard InChI is InChI=1S/C20H19ClF2N2O5/c1-12(13-5-7-15(21)8-6-13)25-17(26)11-29-18(27)10-24-19(28)14-3-2-4-16(9-14)30-20(22)23/h2-9,12,20H,10-11H2,1H3,(H,24,28)(H,25,26). The van der Waals surface area contributed by atoms with E-state index in [2.05, 4.69) is 15.4 Å². The highest BCUT2D eigenvalue weighted by atomic mass is 35.5. The smallest absolute Gasteiger partial charge is 0.387 e. The highest BCUT2D eigenvalue weighted by Gasteiger charge is 2.14. The Balaban J connectivity index is 1.74. The summed E-state index contributed by atoms with van der Waals surface area (Å²) in [6.45, 7) is -2.29. The molecule has 1 unspecified atom stereocenters. The van der Waals surface area contributed by atoms with Gasteiger partial charge >= 0.3 is 12.6 Å². The molecule has 0 bridgehead atoms. The number of benzene rings is 2. The van der Waals surface area contributed by atoms with Crippen LogP contribution in [0.25, 0.3) is 0 Å². The van der Waals surface area contributed by atoms with E-state index in [0.717, 1.165) is 11.6 Å². The number of ether oxygens (including phenoxy) is 2.